The van der Waals surface area contributed by atoms with Gasteiger partial charge in [0.1, 0.15) is 11.8 Å². The molecule has 2 amide bonds. The zero-order chi connectivity index (χ0) is 29.3. The number of rotatable bonds is 9. The number of fused-ring (bicyclic) bond motifs is 12. The Morgan fingerprint density at radius 1 is 1.00 bits per heavy atom. The summed E-state index contributed by atoms with van der Waals surface area (Å²) >= 11 is 0. The number of ether oxygens (including phenoxy) is 1. The molecule has 10 heteroatoms. The van der Waals surface area contributed by atoms with Crippen molar-refractivity contribution in [2.45, 2.75) is 76.5 Å². The molecule has 220 valence electrons. The Hall–Kier alpha value is -2.95. The van der Waals surface area contributed by atoms with Crippen molar-refractivity contribution in [1.82, 2.24) is 14.9 Å². The van der Waals surface area contributed by atoms with Crippen LogP contribution in [0.25, 0.3) is 0 Å². The van der Waals surface area contributed by atoms with Crippen LogP contribution in [0.5, 0.6) is 5.75 Å². The maximum atomic E-state index is 13.6. The lowest BCUT2D eigenvalue weighted by Gasteiger charge is -2.32. The highest BCUT2D eigenvalue weighted by Gasteiger charge is 2.33. The minimum absolute atomic E-state index is 0.148. The molecular weight excluding hydrogens is 530 g/mol. The topological polar surface area (TPSA) is 125 Å². The normalized spacial score (nSPS) is 20.0. The van der Waals surface area contributed by atoms with Crippen LogP contribution >= 0.6 is 0 Å². The first-order chi connectivity index (χ1) is 19.0. The Morgan fingerprint density at radius 3 is 2.30 bits per heavy atom. The van der Waals surface area contributed by atoms with Gasteiger partial charge in [-0.1, -0.05) is 58.0 Å². The van der Waals surface area contributed by atoms with Gasteiger partial charge in [0.05, 0.1) is 23.6 Å². The molecule has 3 unspecified atom stereocenters. The number of aliphatic hydroxyl groups excluding tert-OH is 1. The molecule has 2 heterocycles. The summed E-state index contributed by atoms with van der Waals surface area (Å²) in [6.07, 6.45) is 0.366. The molecule has 0 aromatic heterocycles. The summed E-state index contributed by atoms with van der Waals surface area (Å²) in [5.41, 5.74) is 0.844. The van der Waals surface area contributed by atoms with E-state index in [1.165, 1.54) is 16.4 Å². The van der Waals surface area contributed by atoms with Crippen molar-refractivity contribution in [2.24, 2.45) is 11.8 Å². The number of carbonyl (C=O) groups excluding carboxylic acids is 2. The third-order valence-electron chi connectivity index (χ3n) is 6.98. The van der Waals surface area contributed by atoms with Gasteiger partial charge in [-0.15, -0.1) is 0 Å². The average Bonchev–Trinajstić information content (AvgIpc) is 2.92. The van der Waals surface area contributed by atoms with Crippen LogP contribution in [-0.4, -0.2) is 67.5 Å². The second kappa shape index (κ2) is 14.6. The molecule has 0 saturated heterocycles. The van der Waals surface area contributed by atoms with E-state index >= 15 is 0 Å². The molecule has 4 rings (SSSR count). The maximum Gasteiger partial charge on any atom is 0.243 e. The standard InChI is InChI=1S/C30H43N3O6S/c1-21(2)16-17-33(40(37,38)25-9-6-5-7-10-25)20-27(34)26-19-23-12-14-24(15-13-23)39-18-8-11-28(35)32-29(22(3)4)30(36)31-26/h5-7,9-10,12-15,21-22,26-27,29,34H,8,11,16-20H2,1-4H3,(H,31,36)(H,32,35). The molecular formula is C30H43N3O6S. The van der Waals surface area contributed by atoms with Crippen molar-refractivity contribution in [3.63, 3.8) is 0 Å². The van der Waals surface area contributed by atoms with Crippen LogP contribution in [0.3, 0.4) is 0 Å². The van der Waals surface area contributed by atoms with Crippen LogP contribution in [0.4, 0.5) is 0 Å². The molecule has 3 atom stereocenters. The van der Waals surface area contributed by atoms with E-state index in [1.54, 1.807) is 18.2 Å². The summed E-state index contributed by atoms with van der Waals surface area (Å²) in [5, 5.41) is 17.2. The number of hydrogen-bond donors (Lipinski definition) is 3. The molecule has 2 aliphatic heterocycles. The number of nitrogens with one attached hydrogen (secondary N) is 2. The van der Waals surface area contributed by atoms with E-state index in [0.29, 0.717) is 25.2 Å². The fourth-order valence-electron chi connectivity index (χ4n) is 4.52. The molecule has 0 aliphatic carbocycles. The molecule has 2 aromatic rings. The molecule has 9 nitrogen and oxygen atoms in total. The Balaban J connectivity index is 1.92. The summed E-state index contributed by atoms with van der Waals surface area (Å²) in [6, 6.07) is 13.9. The zero-order valence-corrected chi connectivity index (χ0v) is 24.7. The van der Waals surface area contributed by atoms with Gasteiger partial charge < -0.3 is 20.5 Å². The van der Waals surface area contributed by atoms with Gasteiger partial charge >= 0.3 is 0 Å². The third-order valence-corrected chi connectivity index (χ3v) is 8.86. The lowest BCUT2D eigenvalue weighted by Crippen LogP contribution is -2.56. The van der Waals surface area contributed by atoms with Gasteiger partial charge in [0, 0.05) is 19.5 Å². The Bertz CT molecular complexity index is 1200. The predicted molar refractivity (Wildman–Crippen MR) is 154 cm³/mol. The first kappa shape index (κ1) is 31.6. The molecule has 0 fully saturated rings. The second-order valence-electron chi connectivity index (χ2n) is 11.1. The van der Waals surface area contributed by atoms with Crippen molar-refractivity contribution in [3.05, 3.63) is 60.2 Å². The molecule has 40 heavy (non-hydrogen) atoms. The predicted octanol–water partition coefficient (Wildman–Crippen LogP) is 3.13. The summed E-state index contributed by atoms with van der Waals surface area (Å²) in [6.45, 7) is 8.10. The van der Waals surface area contributed by atoms with Crippen molar-refractivity contribution in [3.8, 4) is 5.75 Å². The summed E-state index contributed by atoms with van der Waals surface area (Å²) in [5.74, 6) is 0.0326. The molecule has 2 bridgehead atoms. The first-order valence-electron chi connectivity index (χ1n) is 14.0. The van der Waals surface area contributed by atoms with Crippen LogP contribution in [0.15, 0.2) is 59.5 Å². The van der Waals surface area contributed by atoms with Crippen LogP contribution in [0, 0.1) is 11.8 Å². The monoisotopic (exact) mass is 573 g/mol. The number of aliphatic hydroxyl groups is 1. The largest absolute Gasteiger partial charge is 0.494 e. The molecule has 0 spiro atoms. The van der Waals surface area contributed by atoms with Gasteiger partial charge in [0.15, 0.2) is 0 Å². The van der Waals surface area contributed by atoms with E-state index in [4.69, 9.17) is 4.74 Å². The smallest absolute Gasteiger partial charge is 0.243 e. The number of carbonyl (C=O) groups is 2. The first-order valence-corrected chi connectivity index (χ1v) is 15.5. The van der Waals surface area contributed by atoms with Crippen LogP contribution in [0.2, 0.25) is 0 Å². The third kappa shape index (κ3) is 9.04. The van der Waals surface area contributed by atoms with Crippen molar-refractivity contribution in [2.75, 3.05) is 19.7 Å². The quantitative estimate of drug-likeness (QED) is 0.423. The summed E-state index contributed by atoms with van der Waals surface area (Å²) < 4.78 is 34.2. The highest BCUT2D eigenvalue weighted by atomic mass is 32.2. The SMILES string of the molecule is CC(C)CCN(CC(O)C1Cc2ccc(cc2)OCCCC(=O)NC(C(C)C)C(=O)N1)S(=O)(=O)c1ccccc1. The second-order valence-corrected chi connectivity index (χ2v) is 13.1. The lowest BCUT2D eigenvalue weighted by atomic mass is 9.98. The van der Waals surface area contributed by atoms with Gasteiger partial charge in [-0.2, -0.15) is 4.31 Å². The van der Waals surface area contributed by atoms with Gasteiger partial charge in [-0.25, -0.2) is 8.42 Å². The van der Waals surface area contributed by atoms with E-state index in [2.05, 4.69) is 10.6 Å². The molecule has 0 saturated carbocycles. The number of amides is 2. The van der Waals surface area contributed by atoms with E-state index in [1.807, 2.05) is 52.0 Å². The fraction of sp³-hybridized carbons (Fsp3) is 0.533. The Morgan fingerprint density at radius 2 is 1.68 bits per heavy atom. The molecule has 2 aliphatic rings. The van der Waals surface area contributed by atoms with Gasteiger partial charge in [0.2, 0.25) is 21.8 Å². The van der Waals surface area contributed by atoms with Crippen LogP contribution in [0.1, 0.15) is 52.5 Å². The van der Waals surface area contributed by atoms with Gasteiger partial charge in [-0.3, -0.25) is 9.59 Å². The number of hydrogen-bond acceptors (Lipinski definition) is 6. The highest BCUT2D eigenvalue weighted by molar-refractivity contribution is 7.89. The molecule has 0 radical (unpaired) electrons. The van der Waals surface area contributed by atoms with Gasteiger partial charge in [-0.05, 0) is 60.9 Å². The summed E-state index contributed by atoms with van der Waals surface area (Å²) in [4.78, 5) is 26.1. The fourth-order valence-corrected chi connectivity index (χ4v) is 6.02. The number of nitrogens with zero attached hydrogens (tertiary/aromatic N) is 1. The zero-order valence-electron chi connectivity index (χ0n) is 23.9. The van der Waals surface area contributed by atoms with Crippen LogP contribution < -0.4 is 15.4 Å². The molecule has 2 aromatic carbocycles. The van der Waals surface area contributed by atoms with Crippen molar-refractivity contribution >= 4 is 21.8 Å². The Labute approximate surface area is 238 Å². The number of sulfonamides is 1. The van der Waals surface area contributed by atoms with Crippen molar-refractivity contribution in [1.29, 1.82) is 0 Å². The van der Waals surface area contributed by atoms with Crippen LogP contribution in [-0.2, 0) is 26.0 Å². The minimum atomic E-state index is -3.89. The van der Waals surface area contributed by atoms with Gasteiger partial charge in [0.25, 0.3) is 0 Å². The maximum absolute atomic E-state index is 13.6. The minimum Gasteiger partial charge on any atom is -0.494 e. The molecule has 3 N–H and O–H groups in total. The summed E-state index contributed by atoms with van der Waals surface area (Å²) in [7, 11) is -3.89. The average molecular weight is 574 g/mol. The Kier molecular flexibility index (Phi) is 11.5. The van der Waals surface area contributed by atoms with E-state index < -0.39 is 34.1 Å². The van der Waals surface area contributed by atoms with E-state index in [0.717, 1.165) is 5.56 Å². The number of benzene rings is 2. The highest BCUT2D eigenvalue weighted by Crippen LogP contribution is 2.20. The van der Waals surface area contributed by atoms with E-state index in [9.17, 15) is 23.1 Å². The van der Waals surface area contributed by atoms with Crippen molar-refractivity contribution < 1.29 is 27.9 Å². The van der Waals surface area contributed by atoms with E-state index in [-0.39, 0.29) is 48.6 Å². The lowest BCUT2D eigenvalue weighted by molar-refractivity contribution is -0.131.